The molecule has 0 bridgehead atoms. The number of aromatic nitrogens is 12. The fourth-order valence-electron chi connectivity index (χ4n) is 7.83. The van der Waals surface area contributed by atoms with Gasteiger partial charge in [0.25, 0.3) is 11.1 Å². The summed E-state index contributed by atoms with van der Waals surface area (Å²) in [5, 5.41) is 8.41. The predicted octanol–water partition coefficient (Wildman–Crippen LogP) is 8.35. The van der Waals surface area contributed by atoms with Gasteiger partial charge in [-0.2, -0.15) is 36.5 Å². The van der Waals surface area contributed by atoms with Crippen molar-refractivity contribution in [2.45, 2.75) is 106 Å². The molecular weight excluding hydrogens is 1020 g/mol. The number of alkyl halides is 6. The number of ether oxygens (including phenoxy) is 2. The molecule has 27 heteroatoms. The van der Waals surface area contributed by atoms with Gasteiger partial charge in [-0.05, 0) is 75.9 Å². The average molecular weight is 1070 g/mol. The third-order valence-corrected chi connectivity index (χ3v) is 11.2. The van der Waals surface area contributed by atoms with Gasteiger partial charge in [-0.1, -0.05) is 38.1 Å². The van der Waals surface area contributed by atoms with Gasteiger partial charge in [-0.3, -0.25) is 37.2 Å². The highest BCUT2D eigenvalue weighted by Crippen LogP contribution is 2.31. The average Bonchev–Trinajstić information content (AvgIpc) is 4.19. The van der Waals surface area contributed by atoms with Gasteiger partial charge in [-0.25, -0.2) is 33.7 Å². The van der Waals surface area contributed by atoms with Crippen LogP contribution in [0.25, 0.3) is 45.1 Å². The number of hydrogen-bond donors (Lipinski definition) is 1. The minimum absolute atomic E-state index is 0.0204. The number of carbonyl (C=O) groups excluding carboxylic acids is 2. The summed E-state index contributed by atoms with van der Waals surface area (Å²) in [4.78, 5) is 86.1. The summed E-state index contributed by atoms with van der Waals surface area (Å²) in [6.07, 6.45) is -2.59. The van der Waals surface area contributed by atoms with Crippen molar-refractivity contribution in [3.05, 3.63) is 137 Å². The highest BCUT2D eigenvalue weighted by molar-refractivity contribution is 6.61. The lowest BCUT2D eigenvalue weighted by molar-refractivity contribution is -0.138. The molecule has 0 saturated heterocycles. The number of fused-ring (bicyclic) bond motifs is 2. The molecule has 8 aromatic rings. The first-order valence-corrected chi connectivity index (χ1v) is 23.8. The molecule has 0 unspecified atom stereocenters. The first kappa shape index (κ1) is 56.3. The summed E-state index contributed by atoms with van der Waals surface area (Å²) in [5.41, 5.74) is -2.22. The van der Waals surface area contributed by atoms with Crippen LogP contribution in [0.5, 0.6) is 0 Å². The van der Waals surface area contributed by atoms with Crippen molar-refractivity contribution in [3.8, 4) is 22.8 Å². The molecule has 0 fully saturated rings. The molecule has 0 spiro atoms. The topological polar surface area (TPSA) is 223 Å². The molecule has 20 nitrogen and oxygen atoms in total. The summed E-state index contributed by atoms with van der Waals surface area (Å²) in [5.74, 6) is 0.375. The third kappa shape index (κ3) is 12.7. The summed E-state index contributed by atoms with van der Waals surface area (Å²) in [6.45, 7) is 12.1. The standard InChI is InChI=1S/C24H25F3N6O4.C21H21F3N6O2.C3H5ClO2/c1-4-10-32-21(34)18-20(31(5-2)22(32)35)29-19(33(18)23(36)37-6-3)16-12-28-30(14-16)13-15-8-7-9-17(11-15)24(25,26)27;1-3-8-30-19(31)16-18(29(4-2)20(30)32)27-17(26-16)14-10-25-28(12-14)11-13-6-5-7-15(9-13)21(22,23)24;1-2-6-3(4)5/h7-9,11-12,14H,4-6,10,13H2,1-3H3;5-7,9-10,12H,3-4,8,11H2,1-2H3,(H,26,27);2H2,1H3. The van der Waals surface area contributed by atoms with E-state index in [9.17, 15) is 55.1 Å². The lowest BCUT2D eigenvalue weighted by Crippen LogP contribution is -2.40. The van der Waals surface area contributed by atoms with Crippen LogP contribution in [0.1, 0.15) is 76.6 Å². The number of H-pyrrole nitrogens is 1. The predicted molar refractivity (Wildman–Crippen MR) is 264 cm³/mol. The second kappa shape index (κ2) is 23.9. The zero-order valence-corrected chi connectivity index (χ0v) is 42.1. The largest absolute Gasteiger partial charge is 0.454 e. The summed E-state index contributed by atoms with van der Waals surface area (Å²) in [6, 6.07) is 9.92. The number of imidazole rings is 2. The zero-order chi connectivity index (χ0) is 54.9. The van der Waals surface area contributed by atoms with Gasteiger partial charge < -0.3 is 14.5 Å². The zero-order valence-electron chi connectivity index (χ0n) is 41.3. The summed E-state index contributed by atoms with van der Waals surface area (Å²) >= 11 is 4.72. The van der Waals surface area contributed by atoms with Gasteiger partial charge in [-0.15, -0.1) is 0 Å². The van der Waals surface area contributed by atoms with Gasteiger partial charge in [0, 0.05) is 50.2 Å². The Kier molecular flexibility index (Phi) is 17.9. The number of nitrogens with one attached hydrogen (secondary N) is 1. The van der Waals surface area contributed by atoms with E-state index in [1.54, 1.807) is 46.0 Å². The van der Waals surface area contributed by atoms with Crippen LogP contribution in [-0.2, 0) is 61.1 Å². The van der Waals surface area contributed by atoms with Crippen molar-refractivity contribution < 1.29 is 45.4 Å². The molecule has 0 aliphatic carbocycles. The monoisotopic (exact) mass is 1070 g/mol. The van der Waals surface area contributed by atoms with E-state index in [-0.39, 0.29) is 60.9 Å². The molecule has 0 radical (unpaired) electrons. The van der Waals surface area contributed by atoms with E-state index in [0.717, 1.165) is 33.4 Å². The van der Waals surface area contributed by atoms with Crippen molar-refractivity contribution in [1.82, 2.24) is 57.3 Å². The van der Waals surface area contributed by atoms with Gasteiger partial charge in [0.05, 0.1) is 61.0 Å². The molecule has 0 aliphatic rings. The Morgan fingerprint density at radius 2 is 1.13 bits per heavy atom. The highest BCUT2D eigenvalue weighted by Gasteiger charge is 2.32. The van der Waals surface area contributed by atoms with Gasteiger partial charge in [0.15, 0.2) is 22.6 Å². The molecule has 1 N–H and O–H groups in total. The molecule has 0 aliphatic heterocycles. The van der Waals surface area contributed by atoms with Gasteiger partial charge in [0.1, 0.15) is 11.3 Å². The lowest BCUT2D eigenvalue weighted by Gasteiger charge is -2.10. The van der Waals surface area contributed by atoms with Gasteiger partial charge >= 0.3 is 35.3 Å². The Hall–Kier alpha value is -8.03. The van der Waals surface area contributed by atoms with E-state index in [1.165, 1.54) is 53.8 Å². The smallest absolute Gasteiger partial charge is 0.420 e. The molecule has 6 aromatic heterocycles. The molecule has 400 valence electrons. The van der Waals surface area contributed by atoms with Crippen LogP contribution in [0.15, 0.2) is 92.5 Å². The van der Waals surface area contributed by atoms with Crippen molar-refractivity contribution in [2.75, 3.05) is 13.2 Å². The number of nitrogens with zero attached hydrogens (tertiary/aromatic N) is 11. The number of aromatic amines is 1. The Morgan fingerprint density at radius 1 is 0.640 bits per heavy atom. The molecule has 0 amide bonds. The number of rotatable bonds is 14. The molecule has 8 rings (SSSR count). The van der Waals surface area contributed by atoms with E-state index < -0.39 is 57.5 Å². The van der Waals surface area contributed by atoms with Crippen LogP contribution in [0.4, 0.5) is 35.9 Å². The van der Waals surface area contributed by atoms with Crippen molar-refractivity contribution in [1.29, 1.82) is 0 Å². The molecule has 75 heavy (non-hydrogen) atoms. The summed E-state index contributed by atoms with van der Waals surface area (Å²) < 4.78 is 96.3. The fraction of sp³-hybridized carbons (Fsp3) is 0.375. The number of benzene rings is 2. The summed E-state index contributed by atoms with van der Waals surface area (Å²) in [7, 11) is 0. The van der Waals surface area contributed by atoms with E-state index in [4.69, 9.17) is 16.3 Å². The molecule has 0 atom stereocenters. The number of hydrogen-bond acceptors (Lipinski definition) is 12. The van der Waals surface area contributed by atoms with E-state index in [1.807, 2.05) is 13.8 Å². The fourth-order valence-corrected chi connectivity index (χ4v) is 7.94. The number of aryl methyl sites for hydroxylation is 2. The Labute approximate surface area is 426 Å². The minimum Gasteiger partial charge on any atom is -0.454 e. The van der Waals surface area contributed by atoms with Crippen molar-refractivity contribution >= 4 is 45.5 Å². The quantitative estimate of drug-likeness (QED) is 0.0802. The van der Waals surface area contributed by atoms with Crippen molar-refractivity contribution in [3.63, 3.8) is 0 Å². The first-order chi connectivity index (χ1) is 35.6. The first-order valence-electron chi connectivity index (χ1n) is 23.5. The molecular formula is C48H51ClF6N12O8. The van der Waals surface area contributed by atoms with E-state index in [2.05, 4.69) is 29.9 Å². The van der Waals surface area contributed by atoms with Crippen LogP contribution < -0.4 is 22.5 Å². The maximum Gasteiger partial charge on any atom is 0.420 e. The van der Waals surface area contributed by atoms with E-state index >= 15 is 0 Å². The van der Waals surface area contributed by atoms with E-state index in [0.29, 0.717) is 60.6 Å². The van der Waals surface area contributed by atoms with Crippen LogP contribution >= 0.6 is 11.6 Å². The number of halogens is 7. The Balaban J connectivity index is 0.000000222. The molecule has 0 saturated carbocycles. The van der Waals surface area contributed by atoms with Crippen LogP contribution in [-0.4, -0.2) is 82.1 Å². The second-order valence-corrected chi connectivity index (χ2v) is 16.6. The Morgan fingerprint density at radius 3 is 1.60 bits per heavy atom. The second-order valence-electron chi connectivity index (χ2n) is 16.3. The maximum atomic E-state index is 13.3. The van der Waals surface area contributed by atoms with Crippen LogP contribution in [0.2, 0.25) is 0 Å². The highest BCUT2D eigenvalue weighted by atomic mass is 35.5. The Bertz CT molecular complexity index is 3580. The van der Waals surface area contributed by atoms with Crippen molar-refractivity contribution in [2.24, 2.45) is 0 Å². The normalized spacial score (nSPS) is 11.6. The SMILES string of the molecule is CCCn1c(=O)c2[nH]c(-c3cnn(Cc4cccc(C(F)(F)F)c4)c3)nc2n(CC)c1=O.CCCn1c(=O)c2c(nc(-c3cnn(Cc4cccc(C(F)(F)F)c4)c3)n2C(=O)OCC)n(CC)c1=O.CCOC(=O)Cl. The molecule has 2 aromatic carbocycles. The van der Waals surface area contributed by atoms with Crippen LogP contribution in [0, 0.1) is 0 Å². The number of carbonyl (C=O) groups is 2. The van der Waals surface area contributed by atoms with Gasteiger partial charge in [0.2, 0.25) is 0 Å². The lowest BCUT2D eigenvalue weighted by atomic mass is 10.1. The molecule has 6 heterocycles. The maximum absolute atomic E-state index is 13.3. The minimum atomic E-state index is -4.48. The van der Waals surface area contributed by atoms with Crippen LogP contribution in [0.3, 0.4) is 0 Å². The third-order valence-electron chi connectivity index (χ3n) is 11.1.